The summed E-state index contributed by atoms with van der Waals surface area (Å²) in [7, 11) is 0. The number of nitrogens with one attached hydrogen (secondary N) is 1. The number of hydrogen-bond donors (Lipinski definition) is 2. The first-order valence-corrected chi connectivity index (χ1v) is 6.25. The van der Waals surface area contributed by atoms with Gasteiger partial charge in [-0.1, -0.05) is 13.3 Å². The molecule has 1 aromatic rings. The van der Waals surface area contributed by atoms with E-state index in [0.29, 0.717) is 18.7 Å². The van der Waals surface area contributed by atoms with Gasteiger partial charge >= 0.3 is 5.97 Å². The van der Waals surface area contributed by atoms with Gasteiger partial charge < -0.3 is 5.73 Å². The van der Waals surface area contributed by atoms with Crippen LogP contribution in [0.2, 0.25) is 0 Å². The highest BCUT2D eigenvalue weighted by Gasteiger charge is 2.06. The van der Waals surface area contributed by atoms with E-state index in [-0.39, 0.29) is 12.3 Å². The summed E-state index contributed by atoms with van der Waals surface area (Å²) in [5, 5.41) is 7.28. The van der Waals surface area contributed by atoms with Gasteiger partial charge in [0.15, 0.2) is 0 Å². The van der Waals surface area contributed by atoms with Crippen molar-refractivity contribution in [3.05, 3.63) is 29.6 Å². The fourth-order valence-corrected chi connectivity index (χ4v) is 1.38. The molecule has 1 heterocycles. The van der Waals surface area contributed by atoms with Crippen LogP contribution in [0.4, 0.5) is 0 Å². The topological polar surface area (TPSA) is 98.3 Å². The lowest BCUT2D eigenvalue weighted by atomic mass is 10.1. The van der Waals surface area contributed by atoms with Crippen LogP contribution in [0.15, 0.2) is 18.3 Å². The van der Waals surface area contributed by atoms with Gasteiger partial charge in [0.2, 0.25) is 0 Å². The van der Waals surface area contributed by atoms with E-state index in [1.165, 1.54) is 0 Å². The Balaban J connectivity index is 2.33. The number of carbonyl (C=O) groups excluding carboxylic acids is 1. The minimum atomic E-state index is -0.405. The van der Waals surface area contributed by atoms with Gasteiger partial charge in [0.05, 0.1) is 13.0 Å². The first-order chi connectivity index (χ1) is 9.13. The number of hydrogen-bond acceptors (Lipinski definition) is 5. The van der Waals surface area contributed by atoms with Gasteiger partial charge in [0.1, 0.15) is 11.5 Å². The van der Waals surface area contributed by atoms with Crippen LogP contribution >= 0.6 is 0 Å². The van der Waals surface area contributed by atoms with Gasteiger partial charge in [-0.2, -0.15) is 4.89 Å². The predicted octanol–water partition coefficient (Wildman–Crippen LogP) is 1.57. The summed E-state index contributed by atoms with van der Waals surface area (Å²) in [5.74, 6) is -0.496. The molecule has 0 aliphatic carbocycles. The van der Waals surface area contributed by atoms with E-state index >= 15 is 0 Å². The summed E-state index contributed by atoms with van der Waals surface area (Å²) in [6.45, 7) is 2.45. The van der Waals surface area contributed by atoms with Crippen LogP contribution in [0, 0.1) is 5.41 Å². The fourth-order valence-electron chi connectivity index (χ4n) is 1.38. The Hall–Kier alpha value is -1.95. The van der Waals surface area contributed by atoms with Crippen LogP contribution in [0.25, 0.3) is 0 Å². The molecule has 6 heteroatoms. The Bertz CT molecular complexity index is 435. The van der Waals surface area contributed by atoms with Crippen molar-refractivity contribution in [3.63, 3.8) is 0 Å². The van der Waals surface area contributed by atoms with Gasteiger partial charge in [-0.3, -0.25) is 15.3 Å². The van der Waals surface area contributed by atoms with Gasteiger partial charge in [-0.15, -0.1) is 0 Å². The third-order valence-electron chi connectivity index (χ3n) is 2.45. The zero-order valence-electron chi connectivity index (χ0n) is 11.0. The maximum absolute atomic E-state index is 11.4. The predicted molar refractivity (Wildman–Crippen MR) is 70.5 cm³/mol. The van der Waals surface area contributed by atoms with Crippen LogP contribution in [0.3, 0.4) is 0 Å². The molecule has 3 N–H and O–H groups in total. The number of aromatic nitrogens is 1. The van der Waals surface area contributed by atoms with Crippen molar-refractivity contribution in [2.24, 2.45) is 5.73 Å². The SMILES string of the molecule is CCCCOOC(=O)CCc1ccnc(C(=N)N)c1. The maximum atomic E-state index is 11.4. The summed E-state index contributed by atoms with van der Waals surface area (Å²) in [6, 6.07) is 3.46. The molecule has 0 amide bonds. The molecule has 0 aliphatic rings. The van der Waals surface area contributed by atoms with E-state index in [9.17, 15) is 4.79 Å². The Labute approximate surface area is 112 Å². The molecule has 0 unspecified atom stereocenters. The summed E-state index contributed by atoms with van der Waals surface area (Å²) in [6.07, 6.45) is 4.13. The van der Waals surface area contributed by atoms with E-state index in [0.717, 1.165) is 18.4 Å². The smallest absolute Gasteiger partial charge is 0.342 e. The Morgan fingerprint density at radius 3 is 3.00 bits per heavy atom. The van der Waals surface area contributed by atoms with Crippen molar-refractivity contribution in [2.75, 3.05) is 6.61 Å². The Morgan fingerprint density at radius 1 is 1.53 bits per heavy atom. The molecule has 0 radical (unpaired) electrons. The third kappa shape index (κ3) is 5.96. The molecular weight excluding hydrogens is 246 g/mol. The molecule has 6 nitrogen and oxygen atoms in total. The molecule has 0 saturated heterocycles. The van der Waals surface area contributed by atoms with E-state index in [1.54, 1.807) is 18.3 Å². The molecule has 0 saturated carbocycles. The number of nitrogens with two attached hydrogens (primary N) is 1. The highest BCUT2D eigenvalue weighted by atomic mass is 17.2. The average Bonchev–Trinajstić information content (AvgIpc) is 2.41. The first-order valence-electron chi connectivity index (χ1n) is 6.25. The molecule has 0 bridgehead atoms. The average molecular weight is 265 g/mol. The molecule has 0 aromatic carbocycles. The van der Waals surface area contributed by atoms with E-state index in [1.807, 2.05) is 6.92 Å². The van der Waals surface area contributed by atoms with Crippen molar-refractivity contribution >= 4 is 11.8 Å². The highest BCUT2D eigenvalue weighted by Crippen LogP contribution is 2.05. The summed E-state index contributed by atoms with van der Waals surface area (Å²) >= 11 is 0. The number of carbonyl (C=O) groups is 1. The van der Waals surface area contributed by atoms with Crippen LogP contribution < -0.4 is 5.73 Å². The lowest BCUT2D eigenvalue weighted by Gasteiger charge is -2.04. The molecule has 1 aromatic heterocycles. The minimum absolute atomic E-state index is 0.0904. The number of unbranched alkanes of at least 4 members (excludes halogenated alkanes) is 1. The summed E-state index contributed by atoms with van der Waals surface area (Å²) < 4.78 is 0. The maximum Gasteiger partial charge on any atom is 0.342 e. The molecule has 19 heavy (non-hydrogen) atoms. The standard InChI is InChI=1S/C13H19N3O3/c1-2-3-8-18-19-12(17)5-4-10-6-7-16-11(9-10)13(14)15/h6-7,9H,2-5,8H2,1H3,(H3,14,15). The molecule has 0 spiro atoms. The molecule has 1 rings (SSSR count). The van der Waals surface area contributed by atoms with Crippen molar-refractivity contribution in [3.8, 4) is 0 Å². The van der Waals surface area contributed by atoms with Gasteiger partial charge in [0, 0.05) is 6.20 Å². The number of rotatable bonds is 8. The number of pyridine rings is 1. The van der Waals surface area contributed by atoms with Gasteiger partial charge in [-0.05, 0) is 30.5 Å². The molecule has 0 atom stereocenters. The normalized spacial score (nSPS) is 10.2. The van der Waals surface area contributed by atoms with Crippen LogP contribution in [-0.2, 0) is 21.0 Å². The number of nitrogen functional groups attached to an aromatic ring is 1. The van der Waals surface area contributed by atoms with Crippen LogP contribution in [-0.4, -0.2) is 23.4 Å². The molecule has 0 fully saturated rings. The van der Waals surface area contributed by atoms with Crippen molar-refractivity contribution in [2.45, 2.75) is 32.6 Å². The lowest BCUT2D eigenvalue weighted by Crippen LogP contribution is -2.13. The highest BCUT2D eigenvalue weighted by molar-refractivity contribution is 5.93. The van der Waals surface area contributed by atoms with Crippen LogP contribution in [0.1, 0.15) is 37.4 Å². The van der Waals surface area contributed by atoms with Crippen LogP contribution in [0.5, 0.6) is 0 Å². The van der Waals surface area contributed by atoms with Crippen molar-refractivity contribution in [1.82, 2.24) is 4.98 Å². The third-order valence-corrected chi connectivity index (χ3v) is 2.45. The quantitative estimate of drug-likeness (QED) is 0.244. The fraction of sp³-hybridized carbons (Fsp3) is 0.462. The van der Waals surface area contributed by atoms with Gasteiger partial charge in [-0.25, -0.2) is 4.79 Å². The van der Waals surface area contributed by atoms with Crippen molar-refractivity contribution < 1.29 is 14.6 Å². The van der Waals surface area contributed by atoms with Gasteiger partial charge in [0.25, 0.3) is 0 Å². The summed E-state index contributed by atoms with van der Waals surface area (Å²) in [4.78, 5) is 24.7. The molecular formula is C13H19N3O3. The van der Waals surface area contributed by atoms with E-state index < -0.39 is 5.97 Å². The van der Waals surface area contributed by atoms with E-state index in [4.69, 9.17) is 16.0 Å². The Morgan fingerprint density at radius 2 is 2.32 bits per heavy atom. The van der Waals surface area contributed by atoms with E-state index in [2.05, 4.69) is 9.87 Å². The second-order valence-corrected chi connectivity index (χ2v) is 4.09. The second-order valence-electron chi connectivity index (χ2n) is 4.09. The second kappa shape index (κ2) is 8.20. The number of aryl methyl sites for hydroxylation is 1. The Kier molecular flexibility index (Phi) is 6.52. The summed E-state index contributed by atoms with van der Waals surface area (Å²) in [5.41, 5.74) is 6.63. The molecule has 0 aliphatic heterocycles. The molecule has 104 valence electrons. The monoisotopic (exact) mass is 265 g/mol. The van der Waals surface area contributed by atoms with Crippen molar-refractivity contribution in [1.29, 1.82) is 5.41 Å². The lowest BCUT2D eigenvalue weighted by molar-refractivity contribution is -0.272. The number of nitrogens with zero attached hydrogens (tertiary/aromatic N) is 1. The zero-order valence-corrected chi connectivity index (χ0v) is 11.0. The first kappa shape index (κ1) is 15.1. The zero-order chi connectivity index (χ0) is 14.1. The largest absolute Gasteiger partial charge is 0.382 e. The number of amidine groups is 1. The minimum Gasteiger partial charge on any atom is -0.382 e.